The van der Waals surface area contributed by atoms with Gasteiger partial charge in [-0.05, 0) is 18.3 Å². The Morgan fingerprint density at radius 3 is 2.39 bits per heavy atom. The van der Waals surface area contributed by atoms with Crippen molar-refractivity contribution < 1.29 is 9.53 Å². The Hall–Kier alpha value is -0.570. The second kappa shape index (κ2) is 7.78. The normalized spacial score (nSPS) is 19.6. The van der Waals surface area contributed by atoms with Crippen molar-refractivity contribution in [3.05, 3.63) is 0 Å². The second-order valence-electron chi connectivity index (χ2n) is 5.83. The van der Waals surface area contributed by atoms with Crippen LogP contribution in [0.1, 0.15) is 59.3 Å². The van der Waals surface area contributed by atoms with E-state index in [1.54, 1.807) is 0 Å². The van der Waals surface area contributed by atoms with Gasteiger partial charge in [0.25, 0.3) is 0 Å². The Morgan fingerprint density at radius 2 is 1.83 bits per heavy atom. The van der Waals surface area contributed by atoms with E-state index < -0.39 is 0 Å². The summed E-state index contributed by atoms with van der Waals surface area (Å²) in [7, 11) is 0. The third-order valence-electron chi connectivity index (χ3n) is 3.93. The lowest BCUT2D eigenvalue weighted by molar-refractivity contribution is -0.137. The molecule has 18 heavy (non-hydrogen) atoms. The Morgan fingerprint density at radius 1 is 1.17 bits per heavy atom. The van der Waals surface area contributed by atoms with E-state index in [0.717, 1.165) is 25.9 Å². The van der Waals surface area contributed by atoms with Gasteiger partial charge in [-0.3, -0.25) is 4.79 Å². The standard InChI is InChI=1S/C15H29NO2/c1-4-6-8-15(3,7-5-2)13-14(17)16-9-11-18-12-10-16/h4-13H2,1-3H3. The molecular formula is C15H29NO2. The fraction of sp³-hybridized carbons (Fsp3) is 0.933. The lowest BCUT2D eigenvalue weighted by Crippen LogP contribution is -2.42. The van der Waals surface area contributed by atoms with E-state index in [-0.39, 0.29) is 5.41 Å². The van der Waals surface area contributed by atoms with Crippen molar-refractivity contribution in [3.8, 4) is 0 Å². The number of ether oxygens (including phenoxy) is 1. The molecule has 0 aromatic heterocycles. The Balaban J connectivity index is 2.50. The van der Waals surface area contributed by atoms with E-state index in [9.17, 15) is 4.79 Å². The summed E-state index contributed by atoms with van der Waals surface area (Å²) in [6.07, 6.45) is 6.64. The second-order valence-corrected chi connectivity index (χ2v) is 5.83. The van der Waals surface area contributed by atoms with Crippen LogP contribution >= 0.6 is 0 Å². The van der Waals surface area contributed by atoms with Gasteiger partial charge in [-0.15, -0.1) is 0 Å². The van der Waals surface area contributed by atoms with Gasteiger partial charge in [0.15, 0.2) is 0 Å². The predicted molar refractivity (Wildman–Crippen MR) is 74.6 cm³/mol. The van der Waals surface area contributed by atoms with Crippen LogP contribution in [0.15, 0.2) is 0 Å². The average Bonchev–Trinajstić information content (AvgIpc) is 2.38. The van der Waals surface area contributed by atoms with E-state index in [4.69, 9.17) is 4.74 Å². The van der Waals surface area contributed by atoms with Crippen molar-refractivity contribution in [3.63, 3.8) is 0 Å². The Bertz CT molecular complexity index is 249. The molecule has 0 aromatic carbocycles. The zero-order chi connectivity index (χ0) is 13.4. The first-order valence-corrected chi connectivity index (χ1v) is 7.47. The fourth-order valence-electron chi connectivity index (χ4n) is 2.80. The van der Waals surface area contributed by atoms with Gasteiger partial charge in [0.1, 0.15) is 0 Å². The highest BCUT2D eigenvalue weighted by atomic mass is 16.5. The van der Waals surface area contributed by atoms with Crippen molar-refractivity contribution in [1.82, 2.24) is 4.90 Å². The molecule has 1 aliphatic rings. The number of unbranched alkanes of at least 4 members (excludes halogenated alkanes) is 1. The first-order valence-electron chi connectivity index (χ1n) is 7.47. The zero-order valence-corrected chi connectivity index (χ0v) is 12.3. The molecule has 1 atom stereocenters. The average molecular weight is 255 g/mol. The highest BCUT2D eigenvalue weighted by molar-refractivity contribution is 5.77. The molecule has 3 nitrogen and oxygen atoms in total. The molecule has 3 heteroatoms. The first-order chi connectivity index (χ1) is 8.61. The van der Waals surface area contributed by atoms with Crippen LogP contribution < -0.4 is 0 Å². The van der Waals surface area contributed by atoms with Crippen molar-refractivity contribution in [1.29, 1.82) is 0 Å². The largest absolute Gasteiger partial charge is 0.378 e. The van der Waals surface area contributed by atoms with E-state index in [0.29, 0.717) is 25.5 Å². The van der Waals surface area contributed by atoms with Gasteiger partial charge in [-0.1, -0.05) is 40.0 Å². The van der Waals surface area contributed by atoms with E-state index >= 15 is 0 Å². The minimum Gasteiger partial charge on any atom is -0.378 e. The SMILES string of the molecule is CCCCC(C)(CCC)CC(=O)N1CCOCC1. The molecule has 0 saturated carbocycles. The van der Waals surface area contributed by atoms with Crippen LogP contribution in [0.3, 0.4) is 0 Å². The van der Waals surface area contributed by atoms with Crippen molar-refractivity contribution in [2.45, 2.75) is 59.3 Å². The van der Waals surface area contributed by atoms with Crippen molar-refractivity contribution >= 4 is 5.91 Å². The summed E-state index contributed by atoms with van der Waals surface area (Å²) in [5.41, 5.74) is 0.195. The summed E-state index contributed by atoms with van der Waals surface area (Å²) in [4.78, 5) is 14.3. The topological polar surface area (TPSA) is 29.5 Å². The summed E-state index contributed by atoms with van der Waals surface area (Å²) >= 11 is 0. The van der Waals surface area contributed by atoms with Crippen LogP contribution in [0.2, 0.25) is 0 Å². The maximum Gasteiger partial charge on any atom is 0.223 e. The molecule has 1 unspecified atom stereocenters. The molecular weight excluding hydrogens is 226 g/mol. The summed E-state index contributed by atoms with van der Waals surface area (Å²) < 4.78 is 5.30. The Labute approximate surface area is 112 Å². The molecule has 1 rings (SSSR count). The van der Waals surface area contributed by atoms with Gasteiger partial charge in [0.05, 0.1) is 13.2 Å². The van der Waals surface area contributed by atoms with Gasteiger partial charge >= 0.3 is 0 Å². The molecule has 0 aliphatic carbocycles. The summed E-state index contributed by atoms with van der Waals surface area (Å²) in [6.45, 7) is 9.66. The third-order valence-corrected chi connectivity index (χ3v) is 3.93. The number of carbonyl (C=O) groups is 1. The smallest absolute Gasteiger partial charge is 0.223 e. The lowest BCUT2D eigenvalue weighted by Gasteiger charge is -2.33. The van der Waals surface area contributed by atoms with Crippen molar-refractivity contribution in [2.24, 2.45) is 5.41 Å². The molecule has 1 amide bonds. The van der Waals surface area contributed by atoms with Crippen LogP contribution in [0.5, 0.6) is 0 Å². The number of rotatable bonds is 7. The van der Waals surface area contributed by atoms with E-state index in [1.165, 1.54) is 19.3 Å². The van der Waals surface area contributed by atoms with E-state index in [1.807, 2.05) is 4.90 Å². The molecule has 0 bridgehead atoms. The fourth-order valence-corrected chi connectivity index (χ4v) is 2.80. The molecule has 1 aliphatic heterocycles. The molecule has 1 saturated heterocycles. The van der Waals surface area contributed by atoms with Crippen LogP contribution in [0.4, 0.5) is 0 Å². The summed E-state index contributed by atoms with van der Waals surface area (Å²) in [5, 5.41) is 0. The number of hydrogen-bond acceptors (Lipinski definition) is 2. The van der Waals surface area contributed by atoms with Gasteiger partial charge in [0, 0.05) is 19.5 Å². The van der Waals surface area contributed by atoms with Crippen LogP contribution in [-0.2, 0) is 9.53 Å². The molecule has 0 aromatic rings. The van der Waals surface area contributed by atoms with Gasteiger partial charge in [-0.25, -0.2) is 0 Å². The predicted octanol–water partition coefficient (Wildman–Crippen LogP) is 3.23. The minimum atomic E-state index is 0.195. The van der Waals surface area contributed by atoms with Crippen LogP contribution in [-0.4, -0.2) is 37.1 Å². The quantitative estimate of drug-likeness (QED) is 0.699. The highest BCUT2D eigenvalue weighted by Gasteiger charge is 2.29. The molecule has 1 heterocycles. The highest BCUT2D eigenvalue weighted by Crippen LogP contribution is 2.34. The summed E-state index contributed by atoms with van der Waals surface area (Å²) in [6, 6.07) is 0. The molecule has 1 fully saturated rings. The van der Waals surface area contributed by atoms with Crippen LogP contribution in [0, 0.1) is 5.41 Å². The minimum absolute atomic E-state index is 0.195. The third kappa shape index (κ3) is 4.97. The maximum atomic E-state index is 12.3. The molecule has 0 spiro atoms. The van der Waals surface area contributed by atoms with Crippen molar-refractivity contribution in [2.75, 3.05) is 26.3 Å². The van der Waals surface area contributed by atoms with Crippen LogP contribution in [0.25, 0.3) is 0 Å². The number of nitrogens with zero attached hydrogens (tertiary/aromatic N) is 1. The number of morpholine rings is 1. The Kier molecular flexibility index (Phi) is 6.69. The first kappa shape index (κ1) is 15.5. The summed E-state index contributed by atoms with van der Waals surface area (Å²) in [5.74, 6) is 0.324. The lowest BCUT2D eigenvalue weighted by atomic mass is 9.77. The zero-order valence-electron chi connectivity index (χ0n) is 12.3. The molecule has 0 N–H and O–H groups in total. The van der Waals surface area contributed by atoms with Gasteiger partial charge in [0.2, 0.25) is 5.91 Å². The maximum absolute atomic E-state index is 12.3. The molecule has 106 valence electrons. The van der Waals surface area contributed by atoms with Gasteiger partial charge < -0.3 is 9.64 Å². The van der Waals surface area contributed by atoms with E-state index in [2.05, 4.69) is 20.8 Å². The number of carbonyl (C=O) groups excluding carboxylic acids is 1. The monoisotopic (exact) mass is 255 g/mol. The number of hydrogen-bond donors (Lipinski definition) is 0. The number of amides is 1. The molecule has 0 radical (unpaired) electrons. The van der Waals surface area contributed by atoms with Gasteiger partial charge in [-0.2, -0.15) is 0 Å².